The highest BCUT2D eigenvalue weighted by Gasteiger charge is 2.23. The molecule has 1 fully saturated rings. The first-order chi connectivity index (χ1) is 9.11. The summed E-state index contributed by atoms with van der Waals surface area (Å²) >= 11 is 8.44. The summed E-state index contributed by atoms with van der Waals surface area (Å²) < 4.78 is 1.89. The van der Waals surface area contributed by atoms with Crippen molar-refractivity contribution in [2.45, 2.75) is 19.8 Å². The van der Waals surface area contributed by atoms with E-state index in [-0.39, 0.29) is 5.91 Å². The zero-order valence-electron chi connectivity index (χ0n) is 10.9. The first-order valence-electron chi connectivity index (χ1n) is 6.56. The lowest BCUT2D eigenvalue weighted by molar-refractivity contribution is 0.0729. The monoisotopic (exact) mass is 408 g/mol. The van der Waals surface area contributed by atoms with Crippen LogP contribution in [0.25, 0.3) is 0 Å². The average Bonchev–Trinajstić information content (AvgIpc) is 2.75. The fourth-order valence-corrected chi connectivity index (χ4v) is 5.18. The van der Waals surface area contributed by atoms with Gasteiger partial charge in [-0.05, 0) is 76.7 Å². The summed E-state index contributed by atoms with van der Waals surface area (Å²) in [6, 6.07) is 1.90. The second-order valence-corrected chi connectivity index (χ2v) is 8.54. The Balaban J connectivity index is 2.04. The average molecular weight is 410 g/mol. The van der Waals surface area contributed by atoms with Crippen molar-refractivity contribution in [2.24, 2.45) is 5.92 Å². The van der Waals surface area contributed by atoms with Crippen LogP contribution >= 0.6 is 43.2 Å². The van der Waals surface area contributed by atoms with E-state index in [4.69, 9.17) is 0 Å². The fraction of sp³-hybridized carbons (Fsp3) is 0.615. The number of hydrogen-bond acceptors (Lipinski definition) is 3. The molecule has 1 unspecified atom stereocenters. The number of carbonyl (C=O) groups excluding carboxylic acids is 1. The molecule has 2 rings (SSSR count). The molecular weight excluding hydrogens is 392 g/mol. The van der Waals surface area contributed by atoms with Gasteiger partial charge < -0.3 is 10.2 Å². The van der Waals surface area contributed by atoms with Gasteiger partial charge in [0.15, 0.2) is 0 Å². The number of hydrogen-bond donors (Lipinski definition) is 1. The van der Waals surface area contributed by atoms with E-state index in [2.05, 4.69) is 37.2 Å². The number of rotatable bonds is 4. The zero-order chi connectivity index (χ0) is 13.8. The molecule has 0 saturated carbocycles. The lowest BCUT2D eigenvalue weighted by atomic mass is 9.99. The lowest BCUT2D eigenvalue weighted by Gasteiger charge is -2.29. The van der Waals surface area contributed by atoms with Crippen molar-refractivity contribution in [2.75, 3.05) is 26.2 Å². The number of nitrogens with zero attached hydrogens (tertiary/aromatic N) is 1. The summed E-state index contributed by atoms with van der Waals surface area (Å²) in [6.45, 7) is 5.79. The van der Waals surface area contributed by atoms with Crippen LogP contribution in [0, 0.1) is 5.92 Å². The predicted molar refractivity (Wildman–Crippen MR) is 86.9 cm³/mol. The molecule has 1 atom stereocenters. The van der Waals surface area contributed by atoms with Crippen LogP contribution in [0.3, 0.4) is 0 Å². The molecule has 0 radical (unpaired) electrons. The molecule has 1 amide bonds. The normalized spacial score (nSPS) is 19.4. The van der Waals surface area contributed by atoms with E-state index in [0.717, 1.165) is 39.3 Å². The SMILES string of the molecule is CCN(CC1CCCNC1)C(=O)c1cc(Br)sc1Br. The summed E-state index contributed by atoms with van der Waals surface area (Å²) in [7, 11) is 0. The van der Waals surface area contributed by atoms with Crippen LogP contribution in [0.5, 0.6) is 0 Å². The van der Waals surface area contributed by atoms with E-state index in [1.807, 2.05) is 17.9 Å². The maximum absolute atomic E-state index is 12.5. The number of halogens is 2. The highest BCUT2D eigenvalue weighted by Crippen LogP contribution is 2.32. The van der Waals surface area contributed by atoms with E-state index >= 15 is 0 Å². The Morgan fingerprint density at radius 3 is 2.89 bits per heavy atom. The minimum Gasteiger partial charge on any atom is -0.339 e. The van der Waals surface area contributed by atoms with Crippen LogP contribution in [0.4, 0.5) is 0 Å². The number of thiophene rings is 1. The van der Waals surface area contributed by atoms with Crippen molar-refractivity contribution in [3.05, 3.63) is 19.2 Å². The van der Waals surface area contributed by atoms with Gasteiger partial charge in [-0.1, -0.05) is 0 Å². The molecule has 1 aromatic rings. The van der Waals surface area contributed by atoms with Gasteiger partial charge in [-0.25, -0.2) is 0 Å². The first kappa shape index (κ1) is 15.5. The maximum Gasteiger partial charge on any atom is 0.255 e. The molecule has 1 N–H and O–H groups in total. The standard InChI is InChI=1S/C13H18Br2N2OS/c1-2-17(8-9-4-3-5-16-7-9)13(18)10-6-11(14)19-12(10)15/h6,9,16H,2-5,7-8H2,1H3. The second-order valence-electron chi connectivity index (χ2n) is 4.79. The molecule has 0 aromatic carbocycles. The zero-order valence-corrected chi connectivity index (χ0v) is 14.9. The summed E-state index contributed by atoms with van der Waals surface area (Å²) in [5.41, 5.74) is 0.766. The molecular formula is C13H18Br2N2OS. The van der Waals surface area contributed by atoms with Crippen molar-refractivity contribution in [1.29, 1.82) is 0 Å². The number of nitrogens with one attached hydrogen (secondary N) is 1. The second kappa shape index (κ2) is 7.20. The Hall–Kier alpha value is 0.0900. The van der Waals surface area contributed by atoms with Gasteiger partial charge in [0.1, 0.15) is 0 Å². The van der Waals surface area contributed by atoms with Crippen molar-refractivity contribution < 1.29 is 4.79 Å². The van der Waals surface area contributed by atoms with Crippen molar-refractivity contribution >= 4 is 49.1 Å². The lowest BCUT2D eigenvalue weighted by Crippen LogP contribution is -2.41. The molecule has 0 aliphatic carbocycles. The van der Waals surface area contributed by atoms with Gasteiger partial charge in [0.2, 0.25) is 0 Å². The van der Waals surface area contributed by atoms with E-state index in [0.29, 0.717) is 5.92 Å². The Kier molecular flexibility index (Phi) is 5.87. The minimum atomic E-state index is 0.127. The summed E-state index contributed by atoms with van der Waals surface area (Å²) in [5, 5.41) is 3.41. The Labute approximate surface area is 135 Å². The van der Waals surface area contributed by atoms with Crippen LogP contribution in [-0.4, -0.2) is 37.0 Å². The van der Waals surface area contributed by atoms with Crippen LogP contribution in [0.2, 0.25) is 0 Å². The van der Waals surface area contributed by atoms with Crippen LogP contribution < -0.4 is 5.32 Å². The van der Waals surface area contributed by atoms with Crippen LogP contribution in [0.15, 0.2) is 13.6 Å². The minimum absolute atomic E-state index is 0.127. The van der Waals surface area contributed by atoms with Crippen molar-refractivity contribution in [3.8, 4) is 0 Å². The third-order valence-corrected chi connectivity index (χ3v) is 5.77. The molecule has 1 aliphatic rings. The molecule has 3 nitrogen and oxygen atoms in total. The van der Waals surface area contributed by atoms with E-state index in [1.54, 1.807) is 11.3 Å². The summed E-state index contributed by atoms with van der Waals surface area (Å²) in [5.74, 6) is 0.709. The van der Waals surface area contributed by atoms with Gasteiger partial charge in [0.05, 0.1) is 13.1 Å². The quantitative estimate of drug-likeness (QED) is 0.821. The highest BCUT2D eigenvalue weighted by atomic mass is 79.9. The van der Waals surface area contributed by atoms with Gasteiger partial charge in [-0.15, -0.1) is 11.3 Å². The summed E-state index contributed by atoms with van der Waals surface area (Å²) in [6.07, 6.45) is 2.43. The molecule has 0 spiro atoms. The molecule has 6 heteroatoms. The Bertz CT molecular complexity index is 444. The van der Waals surface area contributed by atoms with Crippen molar-refractivity contribution in [3.63, 3.8) is 0 Å². The van der Waals surface area contributed by atoms with E-state index in [9.17, 15) is 4.79 Å². The predicted octanol–water partition coefficient (Wildman–Crippen LogP) is 3.73. The molecule has 106 valence electrons. The van der Waals surface area contributed by atoms with Gasteiger partial charge in [-0.3, -0.25) is 4.79 Å². The third kappa shape index (κ3) is 4.03. The first-order valence-corrected chi connectivity index (χ1v) is 8.97. The van der Waals surface area contributed by atoms with Gasteiger partial charge in [0.25, 0.3) is 5.91 Å². The van der Waals surface area contributed by atoms with Gasteiger partial charge >= 0.3 is 0 Å². The number of amides is 1. The molecule has 1 saturated heterocycles. The van der Waals surface area contributed by atoms with E-state index < -0.39 is 0 Å². The third-order valence-electron chi connectivity index (χ3n) is 3.43. The molecule has 0 bridgehead atoms. The largest absolute Gasteiger partial charge is 0.339 e. The Morgan fingerprint density at radius 1 is 1.58 bits per heavy atom. The maximum atomic E-state index is 12.5. The molecule has 19 heavy (non-hydrogen) atoms. The fourth-order valence-electron chi connectivity index (χ4n) is 2.40. The van der Waals surface area contributed by atoms with Gasteiger partial charge in [-0.2, -0.15) is 0 Å². The van der Waals surface area contributed by atoms with Crippen LogP contribution in [-0.2, 0) is 0 Å². The molecule has 1 aliphatic heterocycles. The van der Waals surface area contributed by atoms with Crippen molar-refractivity contribution in [1.82, 2.24) is 10.2 Å². The topological polar surface area (TPSA) is 32.3 Å². The van der Waals surface area contributed by atoms with E-state index in [1.165, 1.54) is 12.8 Å². The van der Waals surface area contributed by atoms with Crippen LogP contribution in [0.1, 0.15) is 30.1 Å². The Morgan fingerprint density at radius 2 is 2.37 bits per heavy atom. The summed E-state index contributed by atoms with van der Waals surface area (Å²) in [4.78, 5) is 14.5. The molecule has 2 heterocycles. The number of piperidine rings is 1. The highest BCUT2D eigenvalue weighted by molar-refractivity contribution is 9.12. The number of carbonyl (C=O) groups is 1. The molecule has 1 aromatic heterocycles. The van der Waals surface area contributed by atoms with Gasteiger partial charge in [0, 0.05) is 13.1 Å². The smallest absolute Gasteiger partial charge is 0.255 e.